The molecule has 0 spiro atoms. The Balaban J connectivity index is 2.22. The molecule has 1 fully saturated rings. The van der Waals surface area contributed by atoms with Gasteiger partial charge in [-0.15, -0.1) is 0 Å². The van der Waals surface area contributed by atoms with Crippen molar-refractivity contribution in [2.45, 2.75) is 25.8 Å². The maximum atomic E-state index is 11.4. The predicted molar refractivity (Wildman–Crippen MR) is 80.0 cm³/mol. The zero-order valence-corrected chi connectivity index (χ0v) is 12.7. The highest BCUT2D eigenvalue weighted by Gasteiger charge is 2.35. The first-order chi connectivity index (χ1) is 9.45. The van der Waals surface area contributed by atoms with Crippen LogP contribution in [0.4, 0.5) is 0 Å². The van der Waals surface area contributed by atoms with Gasteiger partial charge >= 0.3 is 0 Å². The SMILES string of the molecule is CC[C@H](C(N)=O)[C@H]1CN[C@@H](c2c(O)ccc(Cl)c2Cl)C1. The van der Waals surface area contributed by atoms with E-state index in [1.807, 2.05) is 6.92 Å². The van der Waals surface area contributed by atoms with Crippen molar-refractivity contribution in [2.24, 2.45) is 17.6 Å². The van der Waals surface area contributed by atoms with Crippen molar-refractivity contribution >= 4 is 29.1 Å². The van der Waals surface area contributed by atoms with E-state index in [9.17, 15) is 9.90 Å². The van der Waals surface area contributed by atoms with Crippen molar-refractivity contribution in [2.75, 3.05) is 6.54 Å². The van der Waals surface area contributed by atoms with Gasteiger partial charge in [-0.05, 0) is 37.4 Å². The lowest BCUT2D eigenvalue weighted by molar-refractivity contribution is -0.123. The molecule has 20 heavy (non-hydrogen) atoms. The van der Waals surface area contributed by atoms with Crippen molar-refractivity contribution in [3.63, 3.8) is 0 Å². The zero-order chi connectivity index (χ0) is 14.9. The average Bonchev–Trinajstić information content (AvgIpc) is 2.84. The molecule has 0 bridgehead atoms. The smallest absolute Gasteiger partial charge is 0.220 e. The molecule has 6 heteroatoms. The first-order valence-electron chi connectivity index (χ1n) is 6.65. The third-order valence-electron chi connectivity index (χ3n) is 4.00. The third kappa shape index (κ3) is 2.87. The van der Waals surface area contributed by atoms with Crippen LogP contribution in [0.3, 0.4) is 0 Å². The number of aromatic hydroxyl groups is 1. The van der Waals surface area contributed by atoms with Crippen LogP contribution in [0.15, 0.2) is 12.1 Å². The molecule has 1 aliphatic rings. The molecule has 1 amide bonds. The lowest BCUT2D eigenvalue weighted by Crippen LogP contribution is -2.30. The van der Waals surface area contributed by atoms with Gasteiger partial charge in [-0.1, -0.05) is 30.1 Å². The standard InChI is InChI=1S/C14H18Cl2N2O2/c1-2-8(14(17)20)7-5-10(18-6-7)12-11(19)4-3-9(15)13(12)16/h3-4,7-8,10,18-19H,2,5-6H2,1H3,(H2,17,20)/t7-,8+,10-/m1/s1. The summed E-state index contributed by atoms with van der Waals surface area (Å²) >= 11 is 12.2. The van der Waals surface area contributed by atoms with E-state index in [4.69, 9.17) is 28.9 Å². The van der Waals surface area contributed by atoms with Crippen LogP contribution in [0.2, 0.25) is 10.0 Å². The van der Waals surface area contributed by atoms with Crippen LogP contribution in [-0.2, 0) is 4.79 Å². The number of nitrogens with one attached hydrogen (secondary N) is 1. The van der Waals surface area contributed by atoms with E-state index in [0.717, 1.165) is 0 Å². The van der Waals surface area contributed by atoms with Gasteiger partial charge in [-0.25, -0.2) is 0 Å². The summed E-state index contributed by atoms with van der Waals surface area (Å²) in [5, 5.41) is 14.1. The Labute approximate surface area is 128 Å². The number of phenols is 1. The van der Waals surface area contributed by atoms with E-state index in [-0.39, 0.29) is 29.5 Å². The molecule has 0 unspecified atom stereocenters. The van der Waals surface area contributed by atoms with Crippen LogP contribution in [0.25, 0.3) is 0 Å². The Hall–Kier alpha value is -0.970. The maximum Gasteiger partial charge on any atom is 0.220 e. The van der Waals surface area contributed by atoms with Gasteiger partial charge in [0.15, 0.2) is 0 Å². The number of hydrogen-bond donors (Lipinski definition) is 3. The Bertz CT molecular complexity index is 522. The molecular formula is C14H18Cl2N2O2. The van der Waals surface area contributed by atoms with Crippen LogP contribution >= 0.6 is 23.2 Å². The van der Waals surface area contributed by atoms with Gasteiger partial charge in [0.2, 0.25) is 5.91 Å². The van der Waals surface area contributed by atoms with Gasteiger partial charge in [0.1, 0.15) is 5.75 Å². The molecule has 110 valence electrons. The van der Waals surface area contributed by atoms with Crippen molar-refractivity contribution < 1.29 is 9.90 Å². The average molecular weight is 317 g/mol. The molecule has 0 radical (unpaired) electrons. The zero-order valence-electron chi connectivity index (χ0n) is 11.2. The fourth-order valence-electron chi connectivity index (χ4n) is 2.94. The van der Waals surface area contributed by atoms with Gasteiger partial charge in [0.05, 0.1) is 10.0 Å². The number of carbonyl (C=O) groups is 1. The molecule has 0 aliphatic carbocycles. The lowest BCUT2D eigenvalue weighted by Gasteiger charge is -2.19. The molecule has 1 aromatic rings. The second-order valence-corrected chi connectivity index (χ2v) is 5.95. The summed E-state index contributed by atoms with van der Waals surface area (Å²) in [5.41, 5.74) is 6.03. The summed E-state index contributed by atoms with van der Waals surface area (Å²) in [4.78, 5) is 11.4. The Morgan fingerprint density at radius 2 is 2.25 bits per heavy atom. The molecule has 1 heterocycles. The van der Waals surface area contributed by atoms with Gasteiger partial charge in [0, 0.05) is 17.5 Å². The largest absolute Gasteiger partial charge is 0.508 e. The van der Waals surface area contributed by atoms with Crippen LogP contribution in [0.5, 0.6) is 5.75 Å². The molecule has 0 saturated carbocycles. The molecule has 1 aliphatic heterocycles. The van der Waals surface area contributed by atoms with Crippen molar-refractivity contribution in [3.8, 4) is 5.75 Å². The molecule has 4 N–H and O–H groups in total. The summed E-state index contributed by atoms with van der Waals surface area (Å²) in [6.07, 6.45) is 1.42. The number of rotatable bonds is 4. The van der Waals surface area contributed by atoms with Gasteiger partial charge in [-0.3, -0.25) is 4.79 Å². The number of nitrogens with two attached hydrogens (primary N) is 1. The van der Waals surface area contributed by atoms with Gasteiger partial charge in [-0.2, -0.15) is 0 Å². The predicted octanol–water partition coefficient (Wildman–Crippen LogP) is 2.86. The molecule has 0 aromatic heterocycles. The summed E-state index contributed by atoms with van der Waals surface area (Å²) in [6.45, 7) is 2.63. The minimum Gasteiger partial charge on any atom is -0.508 e. The normalized spacial score (nSPS) is 23.8. The van der Waals surface area contributed by atoms with Crippen LogP contribution in [-0.4, -0.2) is 17.6 Å². The quantitative estimate of drug-likeness (QED) is 0.799. The highest BCUT2D eigenvalue weighted by molar-refractivity contribution is 6.42. The highest BCUT2D eigenvalue weighted by atomic mass is 35.5. The number of carbonyl (C=O) groups excluding carboxylic acids is 1. The fraction of sp³-hybridized carbons (Fsp3) is 0.500. The number of hydrogen-bond acceptors (Lipinski definition) is 3. The topological polar surface area (TPSA) is 75.4 Å². The van der Waals surface area contributed by atoms with Gasteiger partial charge < -0.3 is 16.2 Å². The Morgan fingerprint density at radius 3 is 2.85 bits per heavy atom. The first-order valence-corrected chi connectivity index (χ1v) is 7.40. The van der Waals surface area contributed by atoms with Crippen LogP contribution in [0.1, 0.15) is 31.4 Å². The molecular weight excluding hydrogens is 299 g/mol. The monoisotopic (exact) mass is 316 g/mol. The summed E-state index contributed by atoms with van der Waals surface area (Å²) in [6, 6.07) is 2.98. The number of phenolic OH excluding ortho intramolecular Hbond substituents is 1. The van der Waals surface area contributed by atoms with E-state index >= 15 is 0 Å². The number of halogens is 2. The second-order valence-electron chi connectivity index (χ2n) is 5.17. The lowest BCUT2D eigenvalue weighted by atomic mass is 9.86. The number of benzene rings is 1. The Kier molecular flexibility index (Phi) is 4.78. The second kappa shape index (κ2) is 6.20. The fourth-order valence-corrected chi connectivity index (χ4v) is 3.40. The van der Waals surface area contributed by atoms with Crippen molar-refractivity contribution in [3.05, 3.63) is 27.7 Å². The third-order valence-corrected chi connectivity index (χ3v) is 4.82. The minimum atomic E-state index is -0.277. The van der Waals surface area contributed by atoms with Crippen LogP contribution < -0.4 is 11.1 Å². The molecule has 3 atom stereocenters. The van der Waals surface area contributed by atoms with E-state index in [1.54, 1.807) is 6.07 Å². The summed E-state index contributed by atoms with van der Waals surface area (Å²) in [7, 11) is 0. The van der Waals surface area contributed by atoms with Crippen LogP contribution in [0, 0.1) is 11.8 Å². The van der Waals surface area contributed by atoms with E-state index in [2.05, 4.69) is 5.32 Å². The molecule has 2 rings (SSSR count). The highest BCUT2D eigenvalue weighted by Crippen LogP contribution is 2.42. The van der Waals surface area contributed by atoms with E-state index in [0.29, 0.717) is 35.0 Å². The molecule has 4 nitrogen and oxygen atoms in total. The van der Waals surface area contributed by atoms with E-state index < -0.39 is 0 Å². The van der Waals surface area contributed by atoms with E-state index in [1.165, 1.54) is 6.07 Å². The van der Waals surface area contributed by atoms with Crippen molar-refractivity contribution in [1.82, 2.24) is 5.32 Å². The van der Waals surface area contributed by atoms with Gasteiger partial charge in [0.25, 0.3) is 0 Å². The molecule has 1 aromatic carbocycles. The Morgan fingerprint density at radius 1 is 1.55 bits per heavy atom. The first kappa shape index (κ1) is 15.4. The summed E-state index contributed by atoms with van der Waals surface area (Å²) < 4.78 is 0. The minimum absolute atomic E-state index is 0.111. The number of primary amides is 1. The summed E-state index contributed by atoms with van der Waals surface area (Å²) in [5.74, 6) is -0.171. The van der Waals surface area contributed by atoms with Crippen molar-refractivity contribution in [1.29, 1.82) is 0 Å². The maximum absolute atomic E-state index is 11.4. The molecule has 1 saturated heterocycles. The number of amides is 1.